The zero-order valence-electron chi connectivity index (χ0n) is 13.6. The van der Waals surface area contributed by atoms with Gasteiger partial charge in [-0.15, -0.1) is 0 Å². The van der Waals surface area contributed by atoms with Crippen molar-refractivity contribution < 1.29 is 17.9 Å². The summed E-state index contributed by atoms with van der Waals surface area (Å²) in [5, 5.41) is 0. The van der Waals surface area contributed by atoms with Gasteiger partial charge in [-0.05, 0) is 37.1 Å². The molecule has 1 saturated heterocycles. The van der Waals surface area contributed by atoms with Crippen molar-refractivity contribution in [3.05, 3.63) is 29.8 Å². The van der Waals surface area contributed by atoms with E-state index in [1.165, 1.54) is 12.1 Å². The molecule has 1 atom stereocenters. The molecule has 1 N–H and O–H groups in total. The molecule has 0 bridgehead atoms. The van der Waals surface area contributed by atoms with E-state index in [-0.39, 0.29) is 10.8 Å². The van der Waals surface area contributed by atoms with E-state index < -0.39 is 10.0 Å². The molecule has 23 heavy (non-hydrogen) atoms. The first kappa shape index (κ1) is 17.9. The zero-order chi connectivity index (χ0) is 16.9. The number of rotatable bonds is 7. The van der Waals surface area contributed by atoms with Crippen molar-refractivity contribution in [3.8, 4) is 0 Å². The third-order valence-corrected chi connectivity index (χ3v) is 5.41. The maximum absolute atomic E-state index is 12.4. The van der Waals surface area contributed by atoms with Gasteiger partial charge in [0.2, 0.25) is 10.0 Å². The van der Waals surface area contributed by atoms with Crippen LogP contribution >= 0.6 is 0 Å². The van der Waals surface area contributed by atoms with Crippen molar-refractivity contribution in [1.82, 2.24) is 9.62 Å². The van der Waals surface area contributed by atoms with E-state index in [4.69, 9.17) is 4.74 Å². The van der Waals surface area contributed by atoms with Gasteiger partial charge in [-0.25, -0.2) is 13.1 Å². The fourth-order valence-electron chi connectivity index (χ4n) is 2.67. The molecule has 1 amide bonds. The van der Waals surface area contributed by atoms with Gasteiger partial charge in [-0.3, -0.25) is 4.79 Å². The van der Waals surface area contributed by atoms with Gasteiger partial charge in [0.25, 0.3) is 5.91 Å². The average molecular weight is 340 g/mol. The molecule has 1 aromatic rings. The molecule has 1 heterocycles. The quantitative estimate of drug-likeness (QED) is 0.816. The first-order chi connectivity index (χ1) is 11.0. The summed E-state index contributed by atoms with van der Waals surface area (Å²) in [7, 11) is -1.83. The number of methoxy groups -OCH3 is 1. The summed E-state index contributed by atoms with van der Waals surface area (Å²) in [6.07, 6.45) is 1.67. The number of benzene rings is 1. The van der Waals surface area contributed by atoms with Gasteiger partial charge in [0.05, 0.1) is 11.5 Å². The highest BCUT2D eigenvalue weighted by Crippen LogP contribution is 2.20. The molecule has 1 fully saturated rings. The van der Waals surface area contributed by atoms with Gasteiger partial charge in [-0.2, -0.15) is 0 Å². The summed E-state index contributed by atoms with van der Waals surface area (Å²) in [5.74, 6) is 0.316. The lowest BCUT2D eigenvalue weighted by Crippen LogP contribution is -2.29. The van der Waals surface area contributed by atoms with Crippen LogP contribution in [0.4, 0.5) is 0 Å². The predicted octanol–water partition coefficient (Wildman–Crippen LogP) is 1.48. The van der Waals surface area contributed by atoms with Gasteiger partial charge in [0.1, 0.15) is 0 Å². The molecule has 0 aliphatic carbocycles. The van der Waals surface area contributed by atoms with Crippen LogP contribution in [-0.4, -0.2) is 52.6 Å². The van der Waals surface area contributed by atoms with Crippen LogP contribution in [0.3, 0.4) is 0 Å². The van der Waals surface area contributed by atoms with E-state index in [1.54, 1.807) is 24.1 Å². The Morgan fingerprint density at radius 3 is 2.65 bits per heavy atom. The third-order valence-electron chi connectivity index (χ3n) is 3.93. The highest BCUT2D eigenvalue weighted by molar-refractivity contribution is 7.89. The van der Waals surface area contributed by atoms with Crippen molar-refractivity contribution in [2.24, 2.45) is 5.92 Å². The fourth-order valence-corrected chi connectivity index (χ4v) is 3.80. The van der Waals surface area contributed by atoms with Crippen LogP contribution in [0, 0.1) is 5.92 Å². The molecule has 1 aliphatic rings. The Kier molecular flexibility index (Phi) is 6.15. The molecular weight excluding hydrogens is 316 g/mol. The van der Waals surface area contributed by atoms with Crippen molar-refractivity contribution in [3.63, 3.8) is 0 Å². The largest absolute Gasteiger partial charge is 0.384 e. The number of nitrogens with one attached hydrogen (secondary N) is 1. The van der Waals surface area contributed by atoms with Crippen LogP contribution < -0.4 is 4.72 Å². The number of carbonyl (C=O) groups is 1. The first-order valence-corrected chi connectivity index (χ1v) is 9.34. The van der Waals surface area contributed by atoms with E-state index in [2.05, 4.69) is 4.72 Å². The fraction of sp³-hybridized carbons (Fsp3) is 0.562. The molecular formula is C16H24N2O4S. The first-order valence-electron chi connectivity index (χ1n) is 7.86. The highest BCUT2D eigenvalue weighted by atomic mass is 32.2. The number of hydrogen-bond acceptors (Lipinski definition) is 4. The predicted molar refractivity (Wildman–Crippen MR) is 87.8 cm³/mol. The summed E-state index contributed by atoms with van der Waals surface area (Å²) >= 11 is 0. The minimum Gasteiger partial charge on any atom is -0.384 e. The van der Waals surface area contributed by atoms with E-state index in [9.17, 15) is 13.2 Å². The molecule has 0 radical (unpaired) electrons. The topological polar surface area (TPSA) is 75.7 Å². The summed E-state index contributed by atoms with van der Waals surface area (Å²) < 4.78 is 31.7. The van der Waals surface area contributed by atoms with E-state index in [1.807, 2.05) is 6.92 Å². The Hall–Kier alpha value is -1.44. The van der Waals surface area contributed by atoms with E-state index in [0.29, 0.717) is 37.7 Å². The van der Waals surface area contributed by atoms with Crippen molar-refractivity contribution in [1.29, 1.82) is 0 Å². The molecule has 0 saturated carbocycles. The van der Waals surface area contributed by atoms with Crippen LogP contribution in [0.25, 0.3) is 0 Å². The average Bonchev–Trinajstić information content (AvgIpc) is 3.01. The molecule has 7 heteroatoms. The molecule has 128 valence electrons. The van der Waals surface area contributed by atoms with E-state index >= 15 is 0 Å². The van der Waals surface area contributed by atoms with Gasteiger partial charge in [0, 0.05) is 38.2 Å². The summed E-state index contributed by atoms with van der Waals surface area (Å²) in [6, 6.07) is 6.11. The van der Waals surface area contributed by atoms with E-state index in [0.717, 1.165) is 12.8 Å². The Morgan fingerprint density at radius 1 is 1.35 bits per heavy atom. The lowest BCUT2D eigenvalue weighted by atomic mass is 10.1. The maximum atomic E-state index is 12.4. The van der Waals surface area contributed by atoms with Crippen LogP contribution in [-0.2, 0) is 14.8 Å². The maximum Gasteiger partial charge on any atom is 0.253 e. The Labute approximate surface area is 137 Å². The number of amides is 1. The molecule has 0 aromatic heterocycles. The monoisotopic (exact) mass is 340 g/mol. The minimum absolute atomic E-state index is 0.0610. The second kappa shape index (κ2) is 7.90. The minimum atomic E-state index is -3.49. The summed E-state index contributed by atoms with van der Waals surface area (Å²) in [5.41, 5.74) is 0.512. The Morgan fingerprint density at radius 2 is 2.04 bits per heavy atom. The van der Waals surface area contributed by atoms with Gasteiger partial charge in [0.15, 0.2) is 0 Å². The molecule has 1 aliphatic heterocycles. The standard InChI is InChI=1S/C16H24N2O4S/c1-3-9-17-23(20,21)15-6-4-14(5-7-15)16(19)18-10-8-13(11-18)12-22-2/h4-7,13,17H,3,8-12H2,1-2H3/t13-/m0/s1. The zero-order valence-corrected chi connectivity index (χ0v) is 14.4. The summed E-state index contributed by atoms with van der Waals surface area (Å²) in [6.45, 7) is 4.36. The normalized spacial score (nSPS) is 18.3. The molecule has 0 unspecified atom stereocenters. The van der Waals surface area contributed by atoms with Gasteiger partial charge < -0.3 is 9.64 Å². The van der Waals surface area contributed by atoms with Crippen LogP contribution in [0.15, 0.2) is 29.2 Å². The molecule has 1 aromatic carbocycles. The van der Waals surface area contributed by atoms with Crippen LogP contribution in [0.1, 0.15) is 30.1 Å². The van der Waals surface area contributed by atoms with Gasteiger partial charge >= 0.3 is 0 Å². The summed E-state index contributed by atoms with van der Waals surface area (Å²) in [4.78, 5) is 14.4. The number of carbonyl (C=O) groups excluding carboxylic acids is 1. The Bertz CT molecular complexity index is 628. The molecule has 6 nitrogen and oxygen atoms in total. The van der Waals surface area contributed by atoms with Crippen molar-refractivity contribution >= 4 is 15.9 Å². The number of nitrogens with zero attached hydrogens (tertiary/aromatic N) is 1. The van der Waals surface area contributed by atoms with Crippen LogP contribution in [0.5, 0.6) is 0 Å². The SMILES string of the molecule is CCCNS(=O)(=O)c1ccc(C(=O)N2CC[C@H](COC)C2)cc1. The van der Waals surface area contributed by atoms with Crippen molar-refractivity contribution in [2.75, 3.05) is 33.4 Å². The Balaban J connectivity index is 2.03. The number of sulfonamides is 1. The number of hydrogen-bond donors (Lipinski definition) is 1. The third kappa shape index (κ3) is 4.53. The molecule has 0 spiro atoms. The smallest absolute Gasteiger partial charge is 0.253 e. The second-order valence-corrected chi connectivity index (χ2v) is 7.55. The van der Waals surface area contributed by atoms with Crippen LogP contribution in [0.2, 0.25) is 0 Å². The lowest BCUT2D eigenvalue weighted by molar-refractivity contribution is 0.0775. The molecule has 2 rings (SSSR count). The number of ether oxygens (including phenoxy) is 1. The van der Waals surface area contributed by atoms with Gasteiger partial charge in [-0.1, -0.05) is 6.92 Å². The second-order valence-electron chi connectivity index (χ2n) is 5.78. The highest BCUT2D eigenvalue weighted by Gasteiger charge is 2.27. The number of likely N-dealkylation sites (tertiary alicyclic amines) is 1. The van der Waals surface area contributed by atoms with Crippen molar-refractivity contribution in [2.45, 2.75) is 24.7 Å². The lowest BCUT2D eigenvalue weighted by Gasteiger charge is -2.16.